The van der Waals surface area contributed by atoms with Gasteiger partial charge in [-0.25, -0.2) is 0 Å². The van der Waals surface area contributed by atoms with E-state index in [1.54, 1.807) is 6.08 Å². The normalized spacial score (nSPS) is 29.0. The molecule has 3 heterocycles. The summed E-state index contributed by atoms with van der Waals surface area (Å²) in [5.74, 6) is -0.292. The molecule has 0 aromatic carbocycles. The highest BCUT2D eigenvalue weighted by atomic mass is 16.8. The van der Waals surface area contributed by atoms with E-state index in [4.69, 9.17) is 28.4 Å². The second-order valence-corrected chi connectivity index (χ2v) is 24.3. The van der Waals surface area contributed by atoms with Gasteiger partial charge in [0.25, 0.3) is 0 Å². The molecule has 19 nitrogen and oxygen atoms in total. The number of allylic oxidation sites excluding steroid dienone is 9. The fourth-order valence-electron chi connectivity index (χ4n) is 11.3. The minimum atomic E-state index is -1.98. The molecule has 506 valence electrons. The molecule has 0 saturated carbocycles. The molecule has 3 saturated heterocycles. The molecular formula is C68H121NO18. The van der Waals surface area contributed by atoms with Gasteiger partial charge in [-0.05, 0) is 71.1 Å². The van der Waals surface area contributed by atoms with E-state index < -0.39 is 124 Å². The Morgan fingerprint density at radius 1 is 0.437 bits per heavy atom. The number of carbonyl (C=O) groups excluding carboxylic acids is 1. The summed E-state index contributed by atoms with van der Waals surface area (Å²) in [5.41, 5.74) is 0. The molecule has 17 atom stereocenters. The SMILES string of the molecule is C/C=C/CC/C=C/CC/C=C/C(O)C(COC1OC(CO)C(OC2OC(CO)C(OC3OC(CO)C(O)C(O)C3O)C(O)C2O)C(O)C1O)NC(=O)CCCCCCCCCCCCCCCCCCCCCCC/C=C\C/C=C\CCCCCCC. The lowest BCUT2D eigenvalue weighted by molar-refractivity contribution is -0.379. The lowest BCUT2D eigenvalue weighted by Crippen LogP contribution is -2.66. The molecule has 87 heavy (non-hydrogen) atoms. The number of hydrogen-bond acceptors (Lipinski definition) is 18. The van der Waals surface area contributed by atoms with Crippen LogP contribution >= 0.6 is 0 Å². The monoisotopic (exact) mass is 1240 g/mol. The summed E-state index contributed by atoms with van der Waals surface area (Å²) < 4.78 is 34.2. The van der Waals surface area contributed by atoms with E-state index in [9.17, 15) is 61.0 Å². The van der Waals surface area contributed by atoms with Gasteiger partial charge in [-0.15, -0.1) is 0 Å². The Morgan fingerprint density at radius 3 is 1.28 bits per heavy atom. The number of hydrogen-bond donors (Lipinski definition) is 12. The quantitative estimate of drug-likeness (QED) is 0.0201. The Hall–Kier alpha value is -2.51. The number of aliphatic hydroxyl groups excluding tert-OH is 11. The molecule has 17 unspecified atom stereocenters. The van der Waals surface area contributed by atoms with Crippen molar-refractivity contribution in [2.45, 2.75) is 336 Å². The maximum absolute atomic E-state index is 13.3. The van der Waals surface area contributed by atoms with Crippen LogP contribution < -0.4 is 5.32 Å². The van der Waals surface area contributed by atoms with Crippen LogP contribution in [0.1, 0.15) is 232 Å². The van der Waals surface area contributed by atoms with E-state index in [0.717, 1.165) is 44.9 Å². The van der Waals surface area contributed by atoms with Gasteiger partial charge in [-0.1, -0.05) is 215 Å². The van der Waals surface area contributed by atoms with E-state index in [0.29, 0.717) is 12.8 Å². The average Bonchev–Trinajstić information content (AvgIpc) is 3.66. The van der Waals surface area contributed by atoms with Gasteiger partial charge in [-0.2, -0.15) is 0 Å². The van der Waals surface area contributed by atoms with Gasteiger partial charge in [0, 0.05) is 6.42 Å². The first-order valence-electron chi connectivity index (χ1n) is 34.0. The van der Waals surface area contributed by atoms with Crippen molar-refractivity contribution in [3.05, 3.63) is 60.8 Å². The molecule has 3 aliphatic rings. The Morgan fingerprint density at radius 2 is 0.816 bits per heavy atom. The summed E-state index contributed by atoms with van der Waals surface area (Å²) >= 11 is 0. The van der Waals surface area contributed by atoms with Gasteiger partial charge in [-0.3, -0.25) is 4.79 Å². The molecule has 0 aromatic heterocycles. The van der Waals surface area contributed by atoms with Gasteiger partial charge in [0.1, 0.15) is 73.2 Å². The third kappa shape index (κ3) is 32.6. The Kier molecular flexibility index (Phi) is 45.3. The van der Waals surface area contributed by atoms with E-state index >= 15 is 0 Å². The summed E-state index contributed by atoms with van der Waals surface area (Å²) in [6.45, 7) is 1.44. The van der Waals surface area contributed by atoms with Gasteiger partial charge in [0.05, 0.1) is 38.6 Å². The van der Waals surface area contributed by atoms with Crippen molar-refractivity contribution in [2.75, 3.05) is 26.4 Å². The highest BCUT2D eigenvalue weighted by Gasteiger charge is 2.53. The molecule has 12 N–H and O–H groups in total. The van der Waals surface area contributed by atoms with Crippen LogP contribution in [-0.2, 0) is 33.2 Å². The molecule has 19 heteroatoms. The molecular weight excluding hydrogens is 1120 g/mol. The van der Waals surface area contributed by atoms with Crippen molar-refractivity contribution in [1.82, 2.24) is 5.32 Å². The summed E-state index contributed by atoms with van der Waals surface area (Å²) in [7, 11) is 0. The van der Waals surface area contributed by atoms with Crippen LogP contribution in [0.2, 0.25) is 0 Å². The number of amides is 1. The van der Waals surface area contributed by atoms with Gasteiger partial charge < -0.3 is 89.9 Å². The molecule has 0 radical (unpaired) electrons. The van der Waals surface area contributed by atoms with Crippen molar-refractivity contribution >= 4 is 5.91 Å². The smallest absolute Gasteiger partial charge is 0.220 e. The van der Waals surface area contributed by atoms with E-state index in [-0.39, 0.29) is 18.9 Å². The number of aliphatic hydroxyl groups is 11. The third-order valence-electron chi connectivity index (χ3n) is 16.9. The summed E-state index contributed by atoms with van der Waals surface area (Å²) in [6.07, 6.45) is 34.2. The van der Waals surface area contributed by atoms with Gasteiger partial charge >= 0.3 is 0 Å². The largest absolute Gasteiger partial charge is 0.394 e. The highest BCUT2D eigenvalue weighted by molar-refractivity contribution is 5.76. The third-order valence-corrected chi connectivity index (χ3v) is 16.9. The van der Waals surface area contributed by atoms with Crippen LogP contribution in [0, 0.1) is 0 Å². The minimum absolute atomic E-state index is 0.232. The summed E-state index contributed by atoms with van der Waals surface area (Å²) in [6, 6.07) is -0.994. The van der Waals surface area contributed by atoms with E-state index in [1.807, 2.05) is 19.1 Å². The molecule has 0 bridgehead atoms. The van der Waals surface area contributed by atoms with Crippen LogP contribution in [0.25, 0.3) is 0 Å². The summed E-state index contributed by atoms with van der Waals surface area (Å²) in [4.78, 5) is 13.3. The molecule has 0 spiro atoms. The highest BCUT2D eigenvalue weighted by Crippen LogP contribution is 2.33. The van der Waals surface area contributed by atoms with Crippen molar-refractivity contribution in [1.29, 1.82) is 0 Å². The van der Waals surface area contributed by atoms with Crippen LogP contribution in [0.5, 0.6) is 0 Å². The molecule has 0 aromatic rings. The molecule has 1 amide bonds. The Balaban J connectivity index is 1.32. The second-order valence-electron chi connectivity index (χ2n) is 24.3. The lowest BCUT2D eigenvalue weighted by atomic mass is 9.96. The predicted molar refractivity (Wildman–Crippen MR) is 337 cm³/mol. The molecule has 3 fully saturated rings. The van der Waals surface area contributed by atoms with Crippen molar-refractivity contribution in [2.24, 2.45) is 0 Å². The van der Waals surface area contributed by atoms with Crippen LogP contribution in [-0.4, -0.2) is 193 Å². The number of rotatable bonds is 51. The fourth-order valence-corrected chi connectivity index (χ4v) is 11.3. The van der Waals surface area contributed by atoms with Crippen LogP contribution in [0.3, 0.4) is 0 Å². The standard InChI is InChI=1S/C68H121NO18/c1-3-5-7-9-11-13-14-15-16-17-18-19-20-21-22-23-24-25-26-27-28-29-30-31-32-33-34-35-36-38-40-42-44-46-56(74)69-51(52(73)45-43-41-39-37-12-10-8-6-4-2)50-82-66-62(80)59(77)64(54(48-71)84-66)87-68-63(81)60(78)65(55(49-72)85-68)86-67-61(79)58(76)57(75)53(47-70)83-67/h4,6,12,14-15,17-18,37,43,45,51-55,57-68,70-73,75-81H,3,5,7-11,13,16,19-36,38-42,44,46-50H2,1-2H3,(H,69,74)/b6-4+,15-14-,18-17-,37-12+,45-43+. The second kappa shape index (κ2) is 50.1. The predicted octanol–water partition coefficient (Wildman–Crippen LogP) is 8.38. The Bertz CT molecular complexity index is 1820. The summed E-state index contributed by atoms with van der Waals surface area (Å²) in [5, 5.41) is 120. The van der Waals surface area contributed by atoms with Gasteiger partial charge in [0.2, 0.25) is 5.91 Å². The van der Waals surface area contributed by atoms with E-state index in [1.165, 1.54) is 154 Å². The first kappa shape index (κ1) is 78.7. The van der Waals surface area contributed by atoms with Crippen molar-refractivity contribution < 1.29 is 89.4 Å². The molecule has 0 aliphatic carbocycles. The van der Waals surface area contributed by atoms with Crippen LogP contribution in [0.15, 0.2) is 60.8 Å². The zero-order valence-electron chi connectivity index (χ0n) is 53.2. The first-order valence-corrected chi connectivity index (χ1v) is 34.0. The van der Waals surface area contributed by atoms with Crippen LogP contribution in [0.4, 0.5) is 0 Å². The lowest BCUT2D eigenvalue weighted by Gasteiger charge is -2.48. The van der Waals surface area contributed by atoms with Crippen molar-refractivity contribution in [3.63, 3.8) is 0 Å². The fraction of sp³-hybridized carbons (Fsp3) is 0.838. The Labute approximate surface area is 522 Å². The van der Waals surface area contributed by atoms with Crippen molar-refractivity contribution in [3.8, 4) is 0 Å². The minimum Gasteiger partial charge on any atom is -0.394 e. The topological polar surface area (TPSA) is 307 Å². The number of nitrogens with one attached hydrogen (secondary N) is 1. The zero-order chi connectivity index (χ0) is 63.3. The molecule has 3 rings (SSSR count). The number of carbonyl (C=O) groups is 1. The maximum Gasteiger partial charge on any atom is 0.220 e. The molecule has 3 aliphatic heterocycles. The number of unbranched alkanes of at least 4 members (excludes halogenated alkanes) is 28. The maximum atomic E-state index is 13.3. The number of ether oxygens (including phenoxy) is 6. The van der Waals surface area contributed by atoms with E-state index in [2.05, 4.69) is 54.8 Å². The van der Waals surface area contributed by atoms with Gasteiger partial charge in [0.15, 0.2) is 18.9 Å². The average molecular weight is 1240 g/mol. The zero-order valence-corrected chi connectivity index (χ0v) is 53.2. The first-order chi connectivity index (χ1) is 42.3.